The molecular weight excluding hydrogens is 382 g/mol. The second kappa shape index (κ2) is 7.29. The van der Waals surface area contributed by atoms with Crippen molar-refractivity contribution in [1.82, 2.24) is 0 Å². The fourth-order valence-corrected chi connectivity index (χ4v) is 5.50. The largest absolute Gasteiger partial charge is 0.466 e. The number of hydroxylamine groups is 1. The van der Waals surface area contributed by atoms with Crippen LogP contribution in [-0.2, 0) is 23.9 Å². The predicted molar refractivity (Wildman–Crippen MR) is 109 cm³/mol. The number of nitrogens with zero attached hydrogens (tertiary/aromatic N) is 1. The van der Waals surface area contributed by atoms with Crippen LogP contribution in [0.5, 0.6) is 0 Å². The maximum Gasteiger partial charge on any atom is 0.334 e. The maximum absolute atomic E-state index is 12.7. The van der Waals surface area contributed by atoms with Crippen LogP contribution in [0.3, 0.4) is 0 Å². The Morgan fingerprint density at radius 1 is 0.867 bits per heavy atom. The lowest BCUT2D eigenvalue weighted by Crippen LogP contribution is -2.34. The highest BCUT2D eigenvalue weighted by molar-refractivity contribution is 6.02. The molecule has 5 rings (SSSR count). The van der Waals surface area contributed by atoms with Crippen molar-refractivity contribution in [3.63, 3.8) is 0 Å². The summed E-state index contributed by atoms with van der Waals surface area (Å²) >= 11 is 0. The van der Waals surface area contributed by atoms with Crippen molar-refractivity contribution in [2.75, 3.05) is 19.3 Å². The third-order valence-corrected chi connectivity index (χ3v) is 6.60. The number of methoxy groups -OCH3 is 2. The Kier molecular flexibility index (Phi) is 4.59. The molecule has 30 heavy (non-hydrogen) atoms. The number of rotatable bonds is 4. The molecule has 2 bridgehead atoms. The molecule has 0 amide bonds. The van der Waals surface area contributed by atoms with Crippen LogP contribution in [-0.4, -0.2) is 32.3 Å². The van der Waals surface area contributed by atoms with Gasteiger partial charge in [0.15, 0.2) is 0 Å². The second-order valence-electron chi connectivity index (χ2n) is 7.92. The molecule has 5 atom stereocenters. The Labute approximate surface area is 175 Å². The Hall–Kier alpha value is -3.12. The smallest absolute Gasteiger partial charge is 0.334 e. The summed E-state index contributed by atoms with van der Waals surface area (Å²) < 4.78 is 10.1. The third kappa shape index (κ3) is 2.67. The molecule has 1 heterocycles. The van der Waals surface area contributed by atoms with Gasteiger partial charge in [0, 0.05) is 17.8 Å². The molecule has 0 radical (unpaired) electrons. The fourth-order valence-electron chi connectivity index (χ4n) is 5.50. The lowest BCUT2D eigenvalue weighted by Gasteiger charge is -2.30. The first-order valence-corrected chi connectivity index (χ1v) is 10.1. The first-order chi connectivity index (χ1) is 14.7. The first kappa shape index (κ1) is 18.9. The van der Waals surface area contributed by atoms with E-state index in [-0.39, 0.29) is 29.9 Å². The highest BCUT2D eigenvalue weighted by Gasteiger charge is 2.64. The minimum atomic E-state index is -0.473. The highest BCUT2D eigenvalue weighted by Crippen LogP contribution is 2.62. The number of hydrogen-bond acceptors (Lipinski definition) is 6. The van der Waals surface area contributed by atoms with Gasteiger partial charge in [-0.05, 0) is 24.1 Å². The molecule has 2 fully saturated rings. The zero-order chi connectivity index (χ0) is 20.8. The van der Waals surface area contributed by atoms with E-state index >= 15 is 0 Å². The van der Waals surface area contributed by atoms with Crippen LogP contribution in [0.4, 0.5) is 5.69 Å². The van der Waals surface area contributed by atoms with Crippen molar-refractivity contribution in [2.24, 2.45) is 17.8 Å². The summed E-state index contributed by atoms with van der Waals surface area (Å²) in [4.78, 5) is 31.7. The van der Waals surface area contributed by atoms with Gasteiger partial charge < -0.3 is 9.47 Å². The van der Waals surface area contributed by atoms with Gasteiger partial charge in [-0.1, -0.05) is 48.5 Å². The van der Waals surface area contributed by atoms with Crippen molar-refractivity contribution in [2.45, 2.75) is 18.6 Å². The molecule has 2 aromatic carbocycles. The molecule has 2 aliphatic carbocycles. The van der Waals surface area contributed by atoms with E-state index in [9.17, 15) is 9.59 Å². The van der Waals surface area contributed by atoms with Crippen molar-refractivity contribution in [3.05, 3.63) is 77.4 Å². The van der Waals surface area contributed by atoms with Crippen LogP contribution < -0.4 is 5.06 Å². The molecule has 1 saturated carbocycles. The van der Waals surface area contributed by atoms with E-state index in [2.05, 4.69) is 12.1 Å². The zero-order valence-electron chi connectivity index (χ0n) is 16.9. The van der Waals surface area contributed by atoms with E-state index in [1.165, 1.54) is 14.2 Å². The lowest BCUT2D eigenvalue weighted by molar-refractivity contribution is -0.140. The summed E-state index contributed by atoms with van der Waals surface area (Å²) in [6.45, 7) is 0. The van der Waals surface area contributed by atoms with Gasteiger partial charge in [0.1, 0.15) is 0 Å². The van der Waals surface area contributed by atoms with Gasteiger partial charge in [-0.25, -0.2) is 14.7 Å². The number of fused-ring (bicyclic) bond motifs is 5. The summed E-state index contributed by atoms with van der Waals surface area (Å²) in [7, 11) is 2.69. The standard InChI is InChI=1S/C24H23NO5/c1-28-23(26)18-16-13-17(19(18)24(27)29-2)22-20(16)21(14-9-5-3-6-10-14)25(30-22)15-11-7-4-8-12-15/h3-12,16-17,20-22H,13H2,1-2H3/t16-,17-,20-,21-,22+/m1/s1. The Morgan fingerprint density at radius 3 is 2.03 bits per heavy atom. The topological polar surface area (TPSA) is 65.1 Å². The Morgan fingerprint density at radius 2 is 1.43 bits per heavy atom. The molecule has 2 aromatic rings. The second-order valence-corrected chi connectivity index (χ2v) is 7.92. The number of carbonyl (C=O) groups excluding carboxylic acids is 2. The molecule has 0 N–H and O–H groups in total. The van der Waals surface area contributed by atoms with E-state index in [0.717, 1.165) is 11.3 Å². The number of ether oxygens (including phenoxy) is 2. The SMILES string of the molecule is COC(=O)C1=C(C(=O)OC)[C@H]2C[C@H]1[C@@H]1ON(c3ccccc3)[C@H](c3ccccc3)[C@H]12. The van der Waals surface area contributed by atoms with E-state index < -0.39 is 11.9 Å². The molecule has 1 aliphatic heterocycles. The summed E-state index contributed by atoms with van der Waals surface area (Å²) in [6, 6.07) is 20.0. The van der Waals surface area contributed by atoms with Crippen LogP contribution in [0.1, 0.15) is 18.0 Å². The summed E-state index contributed by atoms with van der Waals surface area (Å²) in [5.74, 6) is -1.22. The molecule has 6 heteroatoms. The molecule has 154 valence electrons. The van der Waals surface area contributed by atoms with Gasteiger partial charge in [-0.3, -0.25) is 4.84 Å². The minimum absolute atomic E-state index is 0.0279. The van der Waals surface area contributed by atoms with Gasteiger partial charge in [0.25, 0.3) is 0 Å². The molecule has 0 unspecified atom stereocenters. The van der Waals surface area contributed by atoms with Crippen LogP contribution in [0, 0.1) is 17.8 Å². The van der Waals surface area contributed by atoms with Gasteiger partial charge >= 0.3 is 11.9 Å². The van der Waals surface area contributed by atoms with Crippen LogP contribution >= 0.6 is 0 Å². The summed E-state index contributed by atoms with van der Waals surface area (Å²) in [5, 5.41) is 1.94. The lowest BCUT2D eigenvalue weighted by atomic mass is 9.76. The van der Waals surface area contributed by atoms with Gasteiger partial charge in [-0.15, -0.1) is 0 Å². The molecule has 6 nitrogen and oxygen atoms in total. The molecular formula is C24H23NO5. The van der Waals surface area contributed by atoms with E-state index in [4.69, 9.17) is 14.3 Å². The first-order valence-electron chi connectivity index (χ1n) is 10.1. The number of carbonyl (C=O) groups is 2. The number of benzene rings is 2. The third-order valence-electron chi connectivity index (χ3n) is 6.60. The quantitative estimate of drug-likeness (QED) is 0.726. The van der Waals surface area contributed by atoms with Gasteiger partial charge in [0.05, 0.1) is 43.2 Å². The number of anilines is 1. The van der Waals surface area contributed by atoms with Crippen LogP contribution in [0.2, 0.25) is 0 Å². The number of esters is 2. The normalized spacial score (nSPS) is 29.1. The van der Waals surface area contributed by atoms with Crippen LogP contribution in [0.15, 0.2) is 71.8 Å². The zero-order valence-corrected chi connectivity index (χ0v) is 16.9. The fraction of sp³-hybridized carbons (Fsp3) is 0.333. The molecule has 1 saturated heterocycles. The van der Waals surface area contributed by atoms with Crippen molar-refractivity contribution >= 4 is 17.6 Å². The average molecular weight is 405 g/mol. The molecule has 0 aromatic heterocycles. The van der Waals surface area contributed by atoms with Crippen molar-refractivity contribution in [1.29, 1.82) is 0 Å². The summed E-state index contributed by atoms with van der Waals surface area (Å²) in [6.07, 6.45) is 0.485. The molecule has 3 aliphatic rings. The van der Waals surface area contributed by atoms with Crippen LogP contribution in [0.25, 0.3) is 0 Å². The molecule has 0 spiro atoms. The maximum atomic E-state index is 12.7. The van der Waals surface area contributed by atoms with Crippen molar-refractivity contribution in [3.8, 4) is 0 Å². The number of hydrogen-bond donors (Lipinski definition) is 0. The van der Waals surface area contributed by atoms with E-state index in [1.807, 2.05) is 53.6 Å². The van der Waals surface area contributed by atoms with Gasteiger partial charge in [-0.2, -0.15) is 0 Å². The summed E-state index contributed by atoms with van der Waals surface area (Å²) in [5.41, 5.74) is 2.93. The van der Waals surface area contributed by atoms with E-state index in [1.54, 1.807) is 0 Å². The highest BCUT2D eigenvalue weighted by atomic mass is 16.7. The predicted octanol–water partition coefficient (Wildman–Crippen LogP) is 3.46. The van der Waals surface area contributed by atoms with E-state index in [0.29, 0.717) is 17.6 Å². The average Bonchev–Trinajstić information content (AvgIpc) is 3.48. The Balaban J connectivity index is 1.62. The monoisotopic (exact) mass is 405 g/mol. The Bertz CT molecular complexity index is 1000. The van der Waals surface area contributed by atoms with Gasteiger partial charge in [0.2, 0.25) is 0 Å². The van der Waals surface area contributed by atoms with Crippen molar-refractivity contribution < 1.29 is 23.9 Å². The number of para-hydroxylation sites is 1. The minimum Gasteiger partial charge on any atom is -0.466 e.